The zero-order chi connectivity index (χ0) is 14.9. The van der Waals surface area contributed by atoms with E-state index in [1.807, 2.05) is 20.8 Å². The lowest BCUT2D eigenvalue weighted by atomic mass is 10.1. The molecule has 0 saturated carbocycles. The molecule has 0 aliphatic carbocycles. The van der Waals surface area contributed by atoms with E-state index in [0.29, 0.717) is 18.7 Å². The zero-order valence-electron chi connectivity index (χ0n) is 11.9. The largest absolute Gasteiger partial charge is 0.458 e. The average molecular weight is 343 g/mol. The number of ether oxygens (including phenoxy) is 1. The number of aromatic nitrogens is 1. The summed E-state index contributed by atoms with van der Waals surface area (Å²) in [6.07, 6.45) is 3.17. The number of likely N-dealkylation sites (tertiary alicyclic amines) is 1. The van der Waals surface area contributed by atoms with Crippen molar-refractivity contribution >= 4 is 27.8 Å². The molecule has 0 radical (unpaired) electrons. The maximum Gasteiger partial charge on any atom is 0.329 e. The first kappa shape index (κ1) is 15.1. The molecular weight excluding hydrogens is 324 g/mol. The molecule has 0 aromatic carbocycles. The summed E-state index contributed by atoms with van der Waals surface area (Å²) in [6.45, 7) is 6.07. The van der Waals surface area contributed by atoms with Crippen molar-refractivity contribution < 1.29 is 14.3 Å². The molecule has 0 spiro atoms. The van der Waals surface area contributed by atoms with E-state index in [4.69, 9.17) is 4.74 Å². The van der Waals surface area contributed by atoms with E-state index in [9.17, 15) is 9.59 Å². The second-order valence-corrected chi connectivity index (χ2v) is 6.84. The summed E-state index contributed by atoms with van der Waals surface area (Å²) in [4.78, 5) is 29.1. The number of carbonyl (C=O) groups is 2. The van der Waals surface area contributed by atoms with Crippen LogP contribution in [0, 0.1) is 0 Å². The van der Waals surface area contributed by atoms with Gasteiger partial charge in [-0.25, -0.2) is 4.79 Å². The minimum absolute atomic E-state index is 0.163. The highest BCUT2D eigenvalue weighted by Crippen LogP contribution is 2.23. The summed E-state index contributed by atoms with van der Waals surface area (Å²) in [5, 5.41) is 0. The molecule has 5 nitrogen and oxygen atoms in total. The van der Waals surface area contributed by atoms with Crippen molar-refractivity contribution in [2.75, 3.05) is 6.54 Å². The van der Waals surface area contributed by atoms with E-state index < -0.39 is 11.6 Å². The van der Waals surface area contributed by atoms with Gasteiger partial charge in [0.25, 0.3) is 5.91 Å². The molecule has 0 bridgehead atoms. The highest BCUT2D eigenvalue weighted by atomic mass is 79.9. The summed E-state index contributed by atoms with van der Waals surface area (Å²) >= 11 is 3.30. The maximum atomic E-state index is 12.4. The van der Waals surface area contributed by atoms with E-state index in [-0.39, 0.29) is 11.9 Å². The summed E-state index contributed by atoms with van der Waals surface area (Å²) in [6, 6.07) is 1.23. The molecule has 1 aliphatic heterocycles. The Kier molecular flexibility index (Phi) is 4.22. The summed E-state index contributed by atoms with van der Waals surface area (Å²) in [5.74, 6) is -0.488. The molecule has 1 N–H and O–H groups in total. The number of H-pyrrole nitrogens is 1. The van der Waals surface area contributed by atoms with Gasteiger partial charge < -0.3 is 14.6 Å². The molecule has 1 fully saturated rings. The van der Waals surface area contributed by atoms with Gasteiger partial charge in [0.15, 0.2) is 0 Å². The predicted molar refractivity (Wildman–Crippen MR) is 78.4 cm³/mol. The predicted octanol–water partition coefficient (Wildman–Crippen LogP) is 2.72. The third-order valence-electron chi connectivity index (χ3n) is 3.07. The van der Waals surface area contributed by atoms with E-state index in [2.05, 4.69) is 20.9 Å². The normalized spacial score (nSPS) is 19.2. The fourth-order valence-corrected chi connectivity index (χ4v) is 2.61. The van der Waals surface area contributed by atoms with Gasteiger partial charge in [-0.05, 0) is 55.6 Å². The number of hydrogen-bond acceptors (Lipinski definition) is 3. The molecule has 0 unspecified atom stereocenters. The van der Waals surface area contributed by atoms with E-state index in [1.54, 1.807) is 17.2 Å². The number of nitrogens with zero attached hydrogens (tertiary/aromatic N) is 1. The lowest BCUT2D eigenvalue weighted by Gasteiger charge is -2.27. The first-order valence-corrected chi connectivity index (χ1v) is 7.45. The summed E-state index contributed by atoms with van der Waals surface area (Å²) < 4.78 is 6.20. The molecule has 20 heavy (non-hydrogen) atoms. The van der Waals surface area contributed by atoms with Crippen molar-refractivity contribution in [2.45, 2.75) is 45.3 Å². The van der Waals surface area contributed by atoms with Gasteiger partial charge in [0, 0.05) is 17.2 Å². The minimum atomic E-state index is -0.538. The third kappa shape index (κ3) is 3.42. The molecule has 2 rings (SSSR count). The van der Waals surface area contributed by atoms with Crippen molar-refractivity contribution in [3.63, 3.8) is 0 Å². The molecule has 1 aromatic rings. The Labute approximate surface area is 126 Å². The molecular formula is C14H19BrN2O3. The van der Waals surface area contributed by atoms with Crippen LogP contribution in [0.25, 0.3) is 0 Å². The van der Waals surface area contributed by atoms with Crippen LogP contribution >= 0.6 is 15.9 Å². The SMILES string of the molecule is CC(C)(C)OC(=O)[C@@H]1CCCN1C(=O)c1cc(Br)c[nH]1. The number of amides is 1. The first-order chi connectivity index (χ1) is 9.28. The first-order valence-electron chi connectivity index (χ1n) is 6.66. The molecule has 6 heteroatoms. The number of rotatable bonds is 2. The molecule has 1 amide bonds. The Morgan fingerprint density at radius 1 is 1.45 bits per heavy atom. The molecule has 110 valence electrons. The van der Waals surface area contributed by atoms with Crippen LogP contribution in [0.4, 0.5) is 0 Å². The van der Waals surface area contributed by atoms with E-state index in [0.717, 1.165) is 10.9 Å². The number of nitrogens with one attached hydrogen (secondary N) is 1. The lowest BCUT2D eigenvalue weighted by Crippen LogP contribution is -2.43. The van der Waals surface area contributed by atoms with Gasteiger partial charge in [0.05, 0.1) is 0 Å². The van der Waals surface area contributed by atoms with Crippen molar-refractivity contribution in [3.8, 4) is 0 Å². The molecule has 1 aliphatic rings. The van der Waals surface area contributed by atoms with Gasteiger partial charge >= 0.3 is 5.97 Å². The Balaban J connectivity index is 2.11. The zero-order valence-corrected chi connectivity index (χ0v) is 13.5. The highest BCUT2D eigenvalue weighted by Gasteiger charge is 2.37. The standard InChI is InChI=1S/C14H19BrN2O3/c1-14(2,3)20-13(19)11-5-4-6-17(11)12(18)10-7-9(15)8-16-10/h7-8,11,16H,4-6H2,1-3H3/t11-/m0/s1. The van der Waals surface area contributed by atoms with Gasteiger partial charge in [-0.2, -0.15) is 0 Å². The monoisotopic (exact) mass is 342 g/mol. The van der Waals surface area contributed by atoms with E-state index >= 15 is 0 Å². The van der Waals surface area contributed by atoms with Crippen LogP contribution in [0.1, 0.15) is 44.1 Å². The minimum Gasteiger partial charge on any atom is -0.458 e. The van der Waals surface area contributed by atoms with Gasteiger partial charge in [0.1, 0.15) is 17.3 Å². The van der Waals surface area contributed by atoms with Crippen molar-refractivity contribution in [1.82, 2.24) is 9.88 Å². The number of esters is 1. The number of aromatic amines is 1. The van der Waals surface area contributed by atoms with Crippen LogP contribution in [-0.2, 0) is 9.53 Å². The Morgan fingerprint density at radius 3 is 2.70 bits per heavy atom. The number of halogens is 1. The number of carbonyl (C=O) groups excluding carboxylic acids is 2. The molecule has 1 aromatic heterocycles. The molecule has 1 atom stereocenters. The van der Waals surface area contributed by atoms with Crippen molar-refractivity contribution in [3.05, 3.63) is 22.4 Å². The van der Waals surface area contributed by atoms with Crippen LogP contribution in [0.15, 0.2) is 16.7 Å². The van der Waals surface area contributed by atoms with Crippen LogP contribution < -0.4 is 0 Å². The molecule has 1 saturated heterocycles. The maximum absolute atomic E-state index is 12.4. The topological polar surface area (TPSA) is 62.4 Å². The second-order valence-electron chi connectivity index (χ2n) is 5.92. The van der Waals surface area contributed by atoms with Crippen LogP contribution in [0.2, 0.25) is 0 Å². The fourth-order valence-electron chi connectivity index (χ4n) is 2.27. The van der Waals surface area contributed by atoms with Crippen molar-refractivity contribution in [2.24, 2.45) is 0 Å². The van der Waals surface area contributed by atoms with Gasteiger partial charge in [-0.3, -0.25) is 4.79 Å². The Morgan fingerprint density at radius 2 is 2.15 bits per heavy atom. The fraction of sp³-hybridized carbons (Fsp3) is 0.571. The lowest BCUT2D eigenvalue weighted by molar-refractivity contribution is -0.159. The highest BCUT2D eigenvalue weighted by molar-refractivity contribution is 9.10. The second kappa shape index (κ2) is 5.60. The third-order valence-corrected chi connectivity index (χ3v) is 3.53. The Bertz CT molecular complexity index is 519. The summed E-state index contributed by atoms with van der Waals surface area (Å²) in [7, 11) is 0. The Hall–Kier alpha value is -1.30. The van der Waals surface area contributed by atoms with E-state index in [1.165, 1.54) is 0 Å². The molecule has 2 heterocycles. The van der Waals surface area contributed by atoms with Gasteiger partial charge in [0.2, 0.25) is 0 Å². The van der Waals surface area contributed by atoms with Crippen LogP contribution in [-0.4, -0.2) is 39.9 Å². The smallest absolute Gasteiger partial charge is 0.329 e. The average Bonchev–Trinajstić information content (AvgIpc) is 2.93. The van der Waals surface area contributed by atoms with Gasteiger partial charge in [-0.15, -0.1) is 0 Å². The summed E-state index contributed by atoms with van der Waals surface area (Å²) in [5.41, 5.74) is -0.0588. The quantitative estimate of drug-likeness (QED) is 0.840. The van der Waals surface area contributed by atoms with Crippen LogP contribution in [0.3, 0.4) is 0 Å². The number of hydrogen-bond donors (Lipinski definition) is 1. The van der Waals surface area contributed by atoms with Gasteiger partial charge in [-0.1, -0.05) is 0 Å². The van der Waals surface area contributed by atoms with Crippen LogP contribution in [0.5, 0.6) is 0 Å². The van der Waals surface area contributed by atoms with Crippen molar-refractivity contribution in [1.29, 1.82) is 0 Å².